The molecule has 0 bridgehead atoms. The van der Waals surface area contributed by atoms with Crippen LogP contribution in [-0.2, 0) is 14.3 Å². The molecule has 9 heteroatoms. The Morgan fingerprint density at radius 1 is 1.48 bits per heavy atom. The van der Waals surface area contributed by atoms with Gasteiger partial charge in [-0.25, -0.2) is 0 Å². The lowest BCUT2D eigenvalue weighted by molar-refractivity contribution is -0.303. The highest BCUT2D eigenvalue weighted by Gasteiger charge is 2.47. The smallest absolute Gasteiger partial charge is 0.165 e. The van der Waals surface area contributed by atoms with E-state index < -0.39 is 54.6 Å². The molecule has 23 heavy (non-hydrogen) atoms. The van der Waals surface area contributed by atoms with Crippen LogP contribution in [0.3, 0.4) is 0 Å². The molecule has 0 amide bonds. The van der Waals surface area contributed by atoms with Crippen molar-refractivity contribution < 1.29 is 39.9 Å². The van der Waals surface area contributed by atoms with Gasteiger partial charge in [-0.2, -0.15) is 0 Å². The van der Waals surface area contributed by atoms with Gasteiger partial charge in [-0.05, 0) is 6.92 Å². The number of hydrogen-bond acceptors (Lipinski definition) is 9. The molecule has 7 N–H and O–H groups in total. The van der Waals surface area contributed by atoms with Crippen LogP contribution in [0.25, 0.3) is 0 Å². The first-order valence-corrected chi connectivity index (χ1v) is 7.39. The first-order valence-electron chi connectivity index (χ1n) is 7.39. The third-order valence-electron chi connectivity index (χ3n) is 3.91. The molecule has 1 aliphatic heterocycles. The van der Waals surface area contributed by atoms with E-state index in [9.17, 15) is 30.0 Å². The fourth-order valence-corrected chi connectivity index (χ4v) is 2.75. The summed E-state index contributed by atoms with van der Waals surface area (Å²) in [5.41, 5.74) is 5.38. The standard InChI is InChI=1S/C14H25NO8/c1-14(22)4-10(19)9(3-8(18)2-7(15)5-16)13(23-14)12(21)11(20)6-17/h5,7,9-13,17,19-22H,2-4,6,15H2,1H3. The second kappa shape index (κ2) is 8.25. The Kier molecular flexibility index (Phi) is 7.21. The van der Waals surface area contributed by atoms with Crippen LogP contribution in [0.2, 0.25) is 0 Å². The lowest BCUT2D eigenvalue weighted by Crippen LogP contribution is -2.57. The zero-order valence-electron chi connectivity index (χ0n) is 12.9. The average Bonchev–Trinajstić information content (AvgIpc) is 2.47. The maximum atomic E-state index is 11.9. The second-order valence-corrected chi connectivity index (χ2v) is 6.18. The zero-order chi connectivity index (χ0) is 17.8. The van der Waals surface area contributed by atoms with Crippen LogP contribution in [0.15, 0.2) is 0 Å². The van der Waals surface area contributed by atoms with Gasteiger partial charge in [0.2, 0.25) is 0 Å². The van der Waals surface area contributed by atoms with Crippen LogP contribution in [0.5, 0.6) is 0 Å². The largest absolute Gasteiger partial charge is 0.394 e. The number of rotatable bonds is 8. The molecule has 7 atom stereocenters. The van der Waals surface area contributed by atoms with Gasteiger partial charge < -0.3 is 40.8 Å². The van der Waals surface area contributed by atoms with E-state index in [2.05, 4.69) is 0 Å². The highest BCUT2D eigenvalue weighted by molar-refractivity contribution is 5.82. The van der Waals surface area contributed by atoms with Gasteiger partial charge in [-0.1, -0.05) is 0 Å². The Morgan fingerprint density at radius 2 is 2.09 bits per heavy atom. The van der Waals surface area contributed by atoms with Gasteiger partial charge in [0.1, 0.15) is 24.3 Å². The summed E-state index contributed by atoms with van der Waals surface area (Å²) in [5, 5.41) is 48.7. The number of Topliss-reactive ketones (excluding diaryl/α,β-unsaturated/α-hetero) is 1. The summed E-state index contributed by atoms with van der Waals surface area (Å²) in [6.45, 7) is 0.525. The van der Waals surface area contributed by atoms with E-state index in [0.29, 0.717) is 6.29 Å². The van der Waals surface area contributed by atoms with Crippen LogP contribution >= 0.6 is 0 Å². The van der Waals surface area contributed by atoms with Crippen LogP contribution in [0.4, 0.5) is 0 Å². The first kappa shape index (κ1) is 20.1. The molecule has 0 aromatic rings. The number of hydrogen-bond donors (Lipinski definition) is 6. The summed E-state index contributed by atoms with van der Waals surface area (Å²) in [7, 11) is 0. The molecule has 1 aliphatic rings. The highest BCUT2D eigenvalue weighted by atomic mass is 16.6. The molecular formula is C14H25NO8. The van der Waals surface area contributed by atoms with Crippen molar-refractivity contribution in [1.82, 2.24) is 0 Å². The van der Waals surface area contributed by atoms with E-state index in [0.717, 1.165) is 0 Å². The molecule has 0 saturated carbocycles. The molecule has 0 aromatic heterocycles. The SMILES string of the molecule is CC1(O)CC(O)C(CC(=O)CC(N)C=O)C(C(O)C(O)CO)O1. The number of aliphatic hydroxyl groups excluding tert-OH is 4. The predicted octanol–water partition coefficient (Wildman–Crippen LogP) is -2.95. The Bertz CT molecular complexity index is 416. The van der Waals surface area contributed by atoms with E-state index >= 15 is 0 Å². The minimum atomic E-state index is -1.75. The average molecular weight is 335 g/mol. The zero-order valence-corrected chi connectivity index (χ0v) is 12.9. The van der Waals surface area contributed by atoms with Gasteiger partial charge in [0.15, 0.2) is 5.79 Å². The lowest BCUT2D eigenvalue weighted by Gasteiger charge is -2.45. The first-order chi connectivity index (χ1) is 10.6. The van der Waals surface area contributed by atoms with Gasteiger partial charge in [0, 0.05) is 25.2 Å². The minimum absolute atomic E-state index is 0.191. The number of carbonyl (C=O) groups excluding carboxylic acids is 2. The number of carbonyl (C=O) groups is 2. The minimum Gasteiger partial charge on any atom is -0.394 e. The second-order valence-electron chi connectivity index (χ2n) is 6.18. The molecule has 0 aliphatic carbocycles. The molecule has 0 radical (unpaired) electrons. The summed E-state index contributed by atoms with van der Waals surface area (Å²) < 4.78 is 5.30. The number of nitrogens with two attached hydrogens (primary N) is 1. The predicted molar refractivity (Wildman–Crippen MR) is 77.0 cm³/mol. The van der Waals surface area contributed by atoms with Gasteiger partial charge in [0.05, 0.1) is 24.9 Å². The Labute approximate surface area is 133 Å². The van der Waals surface area contributed by atoms with Gasteiger partial charge in [-0.15, -0.1) is 0 Å². The maximum Gasteiger partial charge on any atom is 0.165 e. The highest BCUT2D eigenvalue weighted by Crippen LogP contribution is 2.35. The summed E-state index contributed by atoms with van der Waals surface area (Å²) in [6, 6.07) is -0.960. The van der Waals surface area contributed by atoms with Crippen LogP contribution < -0.4 is 5.73 Å². The number of ketones is 1. The van der Waals surface area contributed by atoms with Gasteiger partial charge >= 0.3 is 0 Å². The molecule has 1 saturated heterocycles. The Balaban J connectivity index is 2.90. The Morgan fingerprint density at radius 3 is 2.61 bits per heavy atom. The normalized spacial score (nSPS) is 35.3. The molecule has 0 spiro atoms. The van der Waals surface area contributed by atoms with E-state index in [4.69, 9.17) is 15.6 Å². The molecular weight excluding hydrogens is 310 g/mol. The number of aldehydes is 1. The molecule has 7 unspecified atom stereocenters. The van der Waals surface area contributed by atoms with Crippen molar-refractivity contribution in [2.24, 2.45) is 11.7 Å². The third-order valence-corrected chi connectivity index (χ3v) is 3.91. The maximum absolute atomic E-state index is 11.9. The van der Waals surface area contributed by atoms with Gasteiger partial charge in [-0.3, -0.25) is 4.79 Å². The molecule has 9 nitrogen and oxygen atoms in total. The van der Waals surface area contributed by atoms with Crippen LogP contribution in [-0.4, -0.2) is 80.5 Å². The van der Waals surface area contributed by atoms with Crippen molar-refractivity contribution >= 4 is 12.1 Å². The number of aliphatic hydroxyl groups is 5. The van der Waals surface area contributed by atoms with Crippen molar-refractivity contribution in [3.05, 3.63) is 0 Å². The van der Waals surface area contributed by atoms with Gasteiger partial charge in [0.25, 0.3) is 0 Å². The Hall–Kier alpha value is -0.940. The fourth-order valence-electron chi connectivity index (χ4n) is 2.75. The topological polar surface area (TPSA) is 171 Å². The molecule has 1 rings (SSSR count). The third kappa shape index (κ3) is 5.57. The molecule has 1 heterocycles. The van der Waals surface area contributed by atoms with Crippen molar-refractivity contribution in [1.29, 1.82) is 0 Å². The summed E-state index contributed by atoms with van der Waals surface area (Å²) in [5.74, 6) is -3.09. The summed E-state index contributed by atoms with van der Waals surface area (Å²) in [6.07, 6.45) is -5.86. The fraction of sp³-hybridized carbons (Fsp3) is 0.857. The summed E-state index contributed by atoms with van der Waals surface area (Å²) in [4.78, 5) is 22.4. The van der Waals surface area contributed by atoms with Crippen LogP contribution in [0.1, 0.15) is 26.2 Å². The van der Waals surface area contributed by atoms with E-state index in [1.165, 1.54) is 6.92 Å². The lowest BCUT2D eigenvalue weighted by atomic mass is 9.80. The van der Waals surface area contributed by atoms with Crippen molar-refractivity contribution in [2.45, 2.75) is 62.4 Å². The quantitative estimate of drug-likeness (QED) is 0.254. The van der Waals surface area contributed by atoms with Crippen molar-refractivity contribution in [3.8, 4) is 0 Å². The van der Waals surface area contributed by atoms with Crippen molar-refractivity contribution in [2.75, 3.05) is 6.61 Å². The van der Waals surface area contributed by atoms with E-state index in [1.54, 1.807) is 0 Å². The van der Waals surface area contributed by atoms with Crippen molar-refractivity contribution in [3.63, 3.8) is 0 Å². The summed E-state index contributed by atoms with van der Waals surface area (Å²) >= 11 is 0. The van der Waals surface area contributed by atoms with Crippen LogP contribution in [0, 0.1) is 5.92 Å². The van der Waals surface area contributed by atoms with E-state index in [1.807, 2.05) is 0 Å². The molecule has 1 fully saturated rings. The monoisotopic (exact) mass is 335 g/mol. The molecule has 134 valence electrons. The molecule has 0 aromatic carbocycles. The number of ether oxygens (including phenoxy) is 1. The van der Waals surface area contributed by atoms with E-state index in [-0.39, 0.29) is 19.3 Å².